The van der Waals surface area contributed by atoms with Gasteiger partial charge in [0.1, 0.15) is 18.1 Å². The smallest absolute Gasteiger partial charge is 0.343 e. The van der Waals surface area contributed by atoms with Gasteiger partial charge in [0.2, 0.25) is 0 Å². The van der Waals surface area contributed by atoms with Crippen molar-refractivity contribution >= 4 is 28.5 Å². The van der Waals surface area contributed by atoms with E-state index in [9.17, 15) is 19.5 Å². The molecule has 2 N–H and O–H groups in total. The number of hydrogen-bond acceptors (Lipinski definition) is 9. The van der Waals surface area contributed by atoms with Gasteiger partial charge in [-0.25, -0.2) is 15.2 Å². The number of benzene rings is 1. The fourth-order valence-electron chi connectivity index (χ4n) is 7.01. The molecule has 0 saturated carbocycles. The van der Waals surface area contributed by atoms with E-state index in [1.54, 1.807) is 36.6 Å². The number of amides is 1. The fourth-order valence-corrected chi connectivity index (χ4v) is 7.01. The third-order valence-electron chi connectivity index (χ3n) is 9.96. The van der Waals surface area contributed by atoms with E-state index < -0.39 is 17.5 Å². The van der Waals surface area contributed by atoms with Crippen LogP contribution in [0.4, 0.5) is 0 Å². The maximum absolute atomic E-state index is 13.6. The molecule has 0 radical (unpaired) electrons. The molecule has 0 aliphatic carbocycles. The van der Waals surface area contributed by atoms with Gasteiger partial charge in [-0.05, 0) is 74.9 Å². The first kappa shape index (κ1) is 39.2. The average molecular weight is 725 g/mol. The van der Waals surface area contributed by atoms with Crippen molar-refractivity contribution < 1.29 is 28.9 Å². The largest absolute Gasteiger partial charge is 0.493 e. The maximum Gasteiger partial charge on any atom is 0.343 e. The number of hydrogen-bond donors (Lipinski definition) is 2. The fraction of sp³-hybridized carbons (Fsp3) is 0.452. The highest BCUT2D eigenvalue weighted by atomic mass is 16.6. The van der Waals surface area contributed by atoms with Crippen molar-refractivity contribution in [3.8, 4) is 17.1 Å². The molecule has 1 amide bonds. The molecule has 3 aromatic rings. The van der Waals surface area contributed by atoms with Gasteiger partial charge in [-0.3, -0.25) is 9.59 Å². The molecule has 0 unspecified atom stereocenters. The Morgan fingerprint density at radius 1 is 1.17 bits per heavy atom. The molecule has 0 spiro atoms. The van der Waals surface area contributed by atoms with Gasteiger partial charge in [-0.15, -0.1) is 0 Å². The first-order valence-electron chi connectivity index (χ1n) is 18.7. The first-order valence-corrected chi connectivity index (χ1v) is 18.7. The summed E-state index contributed by atoms with van der Waals surface area (Å²) in [5.41, 5.74) is 5.96. The molecule has 5 rings (SSSR count). The van der Waals surface area contributed by atoms with Gasteiger partial charge in [0, 0.05) is 22.1 Å². The Morgan fingerprint density at radius 2 is 1.94 bits per heavy atom. The predicted octanol–water partition coefficient (Wildman–Crippen LogP) is 7.15. The van der Waals surface area contributed by atoms with Crippen molar-refractivity contribution in [2.75, 3.05) is 13.2 Å². The number of fused-ring (bicyclic) bond motifs is 5. The highest BCUT2D eigenvalue weighted by Gasteiger charge is 2.45. The standard InChI is InChI=1S/C42H52N4O7/c1-8-16-37(51-20-15-13-12-14-17-26(5)6)29(9-2)27(7)44-45-38(47)25-52-28-18-19-35-31(21-28)30(10-3)32-23-46-36(39(32)43-35)22-34-33(40(46)48)24-53-41(49)42(34,50)11-4/h8-9,16,18-19,21-22,26,50H,2,10-15,17,20,23-25H2,1,3-7H3,(H,45,47)/b16-8-,37-29-,44-27+/t42-/m0/s1. The number of unbranched alkanes of at least 4 members (excludes halogenated alkanes) is 3. The molecule has 4 heterocycles. The Hall–Kier alpha value is -5.03. The number of hydrazone groups is 1. The number of allylic oxidation sites excluding steroid dienone is 4. The number of nitrogens with one attached hydrogen (secondary N) is 1. The summed E-state index contributed by atoms with van der Waals surface area (Å²) in [6.45, 7) is 16.3. The van der Waals surface area contributed by atoms with Gasteiger partial charge in [0.25, 0.3) is 11.5 Å². The van der Waals surface area contributed by atoms with E-state index in [1.165, 1.54) is 19.3 Å². The molecule has 0 saturated heterocycles. The van der Waals surface area contributed by atoms with E-state index in [2.05, 4.69) is 31.0 Å². The number of nitrogens with zero attached hydrogens (tertiary/aromatic N) is 3. The quantitative estimate of drug-likeness (QED) is 0.0292. The Bertz CT molecular complexity index is 2040. The lowest BCUT2D eigenvalue weighted by atomic mass is 9.86. The number of rotatable bonds is 17. The van der Waals surface area contributed by atoms with Crippen molar-refractivity contribution in [1.29, 1.82) is 0 Å². The molecular weight excluding hydrogens is 672 g/mol. The highest BCUT2D eigenvalue weighted by Crippen LogP contribution is 2.40. The summed E-state index contributed by atoms with van der Waals surface area (Å²) in [6.07, 6.45) is 11.9. The van der Waals surface area contributed by atoms with Crippen LogP contribution in [0.15, 0.2) is 70.3 Å². The number of aryl methyl sites for hydroxylation is 1. The summed E-state index contributed by atoms with van der Waals surface area (Å²) < 4.78 is 18.8. The van der Waals surface area contributed by atoms with Crippen LogP contribution in [0.2, 0.25) is 0 Å². The van der Waals surface area contributed by atoms with Gasteiger partial charge in [-0.1, -0.05) is 72.1 Å². The van der Waals surface area contributed by atoms with E-state index in [4.69, 9.17) is 19.2 Å². The molecule has 1 atom stereocenters. The summed E-state index contributed by atoms with van der Waals surface area (Å²) in [5, 5.41) is 16.3. The van der Waals surface area contributed by atoms with E-state index in [1.807, 2.05) is 38.1 Å². The minimum Gasteiger partial charge on any atom is -0.493 e. The third kappa shape index (κ3) is 8.30. The van der Waals surface area contributed by atoms with Crippen molar-refractivity contribution in [1.82, 2.24) is 15.0 Å². The SMILES string of the molecule is C=CC(=C(\C=C/C)OCCCCCCC(C)C)/C(C)=N/NC(=O)COc1ccc2nc3c(c(CC)c2c1)Cn1c-3cc2c(c1=O)COC(=O)[C@]2(O)CC. The molecule has 2 aliphatic rings. The molecular formula is C42H52N4O7. The van der Waals surface area contributed by atoms with Crippen LogP contribution in [0, 0.1) is 5.92 Å². The van der Waals surface area contributed by atoms with Crippen molar-refractivity contribution in [2.24, 2.45) is 11.0 Å². The second-order valence-electron chi connectivity index (χ2n) is 14.0. The lowest BCUT2D eigenvalue weighted by Crippen LogP contribution is -2.44. The summed E-state index contributed by atoms with van der Waals surface area (Å²) in [6, 6.07) is 7.13. The van der Waals surface area contributed by atoms with Gasteiger partial charge in [0.15, 0.2) is 12.2 Å². The Balaban J connectivity index is 1.28. The van der Waals surface area contributed by atoms with Crippen molar-refractivity contribution in [3.05, 3.63) is 93.0 Å². The van der Waals surface area contributed by atoms with E-state index in [-0.39, 0.29) is 36.3 Å². The van der Waals surface area contributed by atoms with E-state index >= 15 is 0 Å². The van der Waals surface area contributed by atoms with Gasteiger partial charge in [0.05, 0.1) is 41.3 Å². The van der Waals surface area contributed by atoms with Gasteiger partial charge < -0.3 is 23.9 Å². The molecule has 11 heteroatoms. The highest BCUT2D eigenvalue weighted by molar-refractivity contribution is 6.02. The molecule has 0 bridgehead atoms. The van der Waals surface area contributed by atoms with Crippen LogP contribution in [0.3, 0.4) is 0 Å². The van der Waals surface area contributed by atoms with Crippen molar-refractivity contribution in [3.63, 3.8) is 0 Å². The van der Waals surface area contributed by atoms with Crippen LogP contribution in [0.25, 0.3) is 22.3 Å². The van der Waals surface area contributed by atoms with E-state index in [0.717, 1.165) is 35.3 Å². The van der Waals surface area contributed by atoms with Crippen LogP contribution in [-0.4, -0.2) is 45.5 Å². The molecule has 53 heavy (non-hydrogen) atoms. The molecule has 2 aliphatic heterocycles. The molecule has 1 aromatic carbocycles. The number of carbonyl (C=O) groups is 2. The van der Waals surface area contributed by atoms with Crippen LogP contribution >= 0.6 is 0 Å². The monoisotopic (exact) mass is 724 g/mol. The maximum atomic E-state index is 13.6. The predicted molar refractivity (Wildman–Crippen MR) is 207 cm³/mol. The van der Waals surface area contributed by atoms with Crippen LogP contribution < -0.4 is 15.7 Å². The Morgan fingerprint density at radius 3 is 2.64 bits per heavy atom. The zero-order valence-corrected chi connectivity index (χ0v) is 31.8. The minimum absolute atomic E-state index is 0.0744. The number of ether oxygens (including phenoxy) is 3. The van der Waals surface area contributed by atoms with Crippen molar-refractivity contribution in [2.45, 2.75) is 105 Å². The Kier molecular flexibility index (Phi) is 12.7. The number of esters is 1. The second kappa shape index (κ2) is 17.2. The third-order valence-corrected chi connectivity index (χ3v) is 9.96. The number of cyclic esters (lactones) is 1. The molecule has 11 nitrogen and oxygen atoms in total. The van der Waals surface area contributed by atoms with Crippen LogP contribution in [0.1, 0.15) is 102 Å². The number of carbonyl (C=O) groups excluding carboxylic acids is 2. The summed E-state index contributed by atoms with van der Waals surface area (Å²) in [7, 11) is 0. The summed E-state index contributed by atoms with van der Waals surface area (Å²) >= 11 is 0. The second-order valence-corrected chi connectivity index (χ2v) is 14.0. The van der Waals surface area contributed by atoms with Gasteiger partial charge in [-0.2, -0.15) is 5.10 Å². The average Bonchev–Trinajstić information content (AvgIpc) is 3.51. The zero-order chi connectivity index (χ0) is 38.3. The molecule has 0 fully saturated rings. The molecule has 2 aromatic heterocycles. The summed E-state index contributed by atoms with van der Waals surface area (Å²) in [5.74, 6) is 0.676. The lowest BCUT2D eigenvalue weighted by molar-refractivity contribution is -0.172. The van der Waals surface area contributed by atoms with Gasteiger partial charge >= 0.3 is 5.97 Å². The number of pyridine rings is 2. The number of aromatic nitrogens is 2. The number of aliphatic hydroxyl groups is 1. The zero-order valence-electron chi connectivity index (χ0n) is 31.8. The molecule has 282 valence electrons. The lowest BCUT2D eigenvalue weighted by Gasteiger charge is -2.31. The Labute approximate surface area is 311 Å². The van der Waals surface area contributed by atoms with Crippen LogP contribution in [-0.2, 0) is 44.2 Å². The minimum atomic E-state index is -1.89. The topological polar surface area (TPSA) is 141 Å². The normalized spacial score (nSPS) is 17.0. The van der Waals surface area contributed by atoms with Crippen LogP contribution in [0.5, 0.6) is 5.75 Å². The first-order chi connectivity index (χ1) is 25.5. The van der Waals surface area contributed by atoms with E-state index in [0.29, 0.717) is 59.3 Å². The summed E-state index contributed by atoms with van der Waals surface area (Å²) in [4.78, 5) is 44.0.